The Morgan fingerprint density at radius 1 is 1.12 bits per heavy atom. The number of benzene rings is 2. The van der Waals surface area contributed by atoms with Gasteiger partial charge in [0.25, 0.3) is 5.91 Å². The summed E-state index contributed by atoms with van der Waals surface area (Å²) in [5.74, 6) is 0.0394. The molecule has 24 heavy (non-hydrogen) atoms. The van der Waals surface area contributed by atoms with Crippen LogP contribution in [0.3, 0.4) is 0 Å². The average molecular weight is 317 g/mol. The Labute approximate surface area is 143 Å². The first kappa shape index (κ1) is 16.3. The zero-order chi connectivity index (χ0) is 16.8. The van der Waals surface area contributed by atoms with Gasteiger partial charge in [-0.2, -0.15) is 0 Å². The summed E-state index contributed by atoms with van der Waals surface area (Å²) in [6, 6.07) is 13.9. The quantitative estimate of drug-likeness (QED) is 0.528. The molecule has 2 aromatic rings. The highest BCUT2D eigenvalue weighted by molar-refractivity contribution is 6.07. The van der Waals surface area contributed by atoms with E-state index in [2.05, 4.69) is 25.2 Å². The van der Waals surface area contributed by atoms with Crippen molar-refractivity contribution in [3.8, 4) is 0 Å². The first-order valence-electron chi connectivity index (χ1n) is 8.63. The molecule has 1 unspecified atom stereocenters. The van der Waals surface area contributed by atoms with Crippen molar-refractivity contribution in [2.45, 2.75) is 32.2 Å². The number of carbonyl (C=O) groups excluding carboxylic acids is 1. The fourth-order valence-electron chi connectivity index (χ4n) is 2.98. The maximum absolute atomic E-state index is 13.1. The molecule has 0 bridgehead atoms. The van der Waals surface area contributed by atoms with Crippen LogP contribution in [0.1, 0.15) is 36.5 Å². The molecule has 1 aliphatic rings. The van der Waals surface area contributed by atoms with Gasteiger partial charge in [0.2, 0.25) is 0 Å². The Morgan fingerprint density at radius 2 is 1.96 bits per heavy atom. The van der Waals surface area contributed by atoms with Gasteiger partial charge in [-0.3, -0.25) is 4.79 Å². The van der Waals surface area contributed by atoms with Gasteiger partial charge in [-0.05, 0) is 29.3 Å². The van der Waals surface area contributed by atoms with Gasteiger partial charge in [0, 0.05) is 11.8 Å². The second kappa shape index (κ2) is 7.78. The fourth-order valence-corrected chi connectivity index (χ4v) is 2.98. The smallest absolute Gasteiger partial charge is 0.259 e. The van der Waals surface area contributed by atoms with E-state index in [1.807, 2.05) is 65.7 Å². The first-order valence-corrected chi connectivity index (χ1v) is 8.63. The van der Waals surface area contributed by atoms with E-state index >= 15 is 0 Å². The summed E-state index contributed by atoms with van der Waals surface area (Å²) in [5.41, 5.74) is 0.750. The van der Waals surface area contributed by atoms with Crippen molar-refractivity contribution in [1.82, 2.24) is 4.90 Å². The SMILES string of the molecule is CCCC/C=C/C1C=CC=CN1C(=O)c1cccc2ccccc12. The molecule has 3 rings (SSSR count). The van der Waals surface area contributed by atoms with E-state index in [1.54, 1.807) is 0 Å². The van der Waals surface area contributed by atoms with Crippen LogP contribution in [-0.2, 0) is 0 Å². The van der Waals surface area contributed by atoms with Crippen LogP contribution in [0, 0.1) is 0 Å². The third-order valence-corrected chi connectivity index (χ3v) is 4.30. The first-order chi connectivity index (χ1) is 11.8. The molecule has 1 aliphatic heterocycles. The Balaban J connectivity index is 1.88. The Hall–Kier alpha value is -2.61. The van der Waals surface area contributed by atoms with Crippen LogP contribution in [0.25, 0.3) is 10.8 Å². The summed E-state index contributed by atoms with van der Waals surface area (Å²) in [6.07, 6.45) is 15.6. The van der Waals surface area contributed by atoms with Crippen molar-refractivity contribution in [2.24, 2.45) is 0 Å². The van der Waals surface area contributed by atoms with Crippen molar-refractivity contribution < 1.29 is 4.79 Å². The number of rotatable bonds is 5. The normalized spacial score (nSPS) is 17.0. The predicted molar refractivity (Wildman–Crippen MR) is 101 cm³/mol. The molecule has 2 heteroatoms. The molecular weight excluding hydrogens is 294 g/mol. The molecule has 0 radical (unpaired) electrons. The highest BCUT2D eigenvalue weighted by Crippen LogP contribution is 2.22. The number of hydrogen-bond acceptors (Lipinski definition) is 1. The third kappa shape index (κ3) is 3.48. The summed E-state index contributed by atoms with van der Waals surface area (Å²) >= 11 is 0. The van der Waals surface area contributed by atoms with Gasteiger partial charge in [0.15, 0.2) is 0 Å². The van der Waals surface area contributed by atoms with E-state index in [4.69, 9.17) is 0 Å². The lowest BCUT2D eigenvalue weighted by molar-refractivity contribution is 0.0811. The van der Waals surface area contributed by atoms with Crippen molar-refractivity contribution in [2.75, 3.05) is 0 Å². The third-order valence-electron chi connectivity index (χ3n) is 4.30. The summed E-state index contributed by atoms with van der Waals surface area (Å²) in [7, 11) is 0. The number of allylic oxidation sites excluding steroid dienone is 3. The molecule has 2 aromatic carbocycles. The Kier molecular flexibility index (Phi) is 5.27. The molecule has 0 spiro atoms. The van der Waals surface area contributed by atoms with Crippen LogP contribution in [0.5, 0.6) is 0 Å². The van der Waals surface area contributed by atoms with Gasteiger partial charge in [0.1, 0.15) is 0 Å². The Morgan fingerprint density at radius 3 is 2.83 bits per heavy atom. The van der Waals surface area contributed by atoms with Gasteiger partial charge < -0.3 is 4.90 Å². The lowest BCUT2D eigenvalue weighted by Crippen LogP contribution is -2.34. The van der Waals surface area contributed by atoms with Gasteiger partial charge in [-0.15, -0.1) is 0 Å². The van der Waals surface area contributed by atoms with Crippen LogP contribution in [-0.4, -0.2) is 16.8 Å². The molecule has 0 N–H and O–H groups in total. The van der Waals surface area contributed by atoms with E-state index in [1.165, 1.54) is 12.8 Å². The van der Waals surface area contributed by atoms with E-state index in [-0.39, 0.29) is 11.9 Å². The molecule has 1 amide bonds. The fraction of sp³-hybridized carbons (Fsp3) is 0.227. The van der Waals surface area contributed by atoms with Crippen LogP contribution in [0.2, 0.25) is 0 Å². The Bertz CT molecular complexity index is 795. The lowest BCUT2D eigenvalue weighted by Gasteiger charge is -2.27. The van der Waals surface area contributed by atoms with Crippen molar-refractivity contribution >= 4 is 16.7 Å². The standard InChI is InChI=1S/C22H23NO/c1-2-3-4-5-13-19-14-8-9-17-23(19)22(24)21-16-10-12-18-11-6-7-15-20(18)21/h5-17,19H,2-4H2,1H3/b13-5+. The van der Waals surface area contributed by atoms with Crippen LogP contribution < -0.4 is 0 Å². The van der Waals surface area contributed by atoms with Crippen LogP contribution in [0.15, 0.2) is 79.0 Å². The molecule has 2 nitrogen and oxygen atoms in total. The van der Waals surface area contributed by atoms with Crippen molar-refractivity contribution in [1.29, 1.82) is 0 Å². The second-order valence-electron chi connectivity index (χ2n) is 6.03. The molecule has 0 saturated carbocycles. The number of nitrogens with zero attached hydrogens (tertiary/aromatic N) is 1. The predicted octanol–water partition coefficient (Wildman–Crippen LogP) is 5.48. The molecule has 1 heterocycles. The molecular formula is C22H23NO. The number of amides is 1. The van der Waals surface area contributed by atoms with E-state index in [9.17, 15) is 4.79 Å². The summed E-state index contributed by atoms with van der Waals surface area (Å²) in [4.78, 5) is 14.9. The van der Waals surface area contributed by atoms with Gasteiger partial charge in [0.05, 0.1) is 6.04 Å². The highest BCUT2D eigenvalue weighted by atomic mass is 16.2. The summed E-state index contributed by atoms with van der Waals surface area (Å²) in [6.45, 7) is 2.19. The number of fused-ring (bicyclic) bond motifs is 1. The van der Waals surface area contributed by atoms with E-state index in [0.717, 1.165) is 22.8 Å². The zero-order valence-corrected chi connectivity index (χ0v) is 14.1. The largest absolute Gasteiger partial charge is 0.305 e. The average Bonchev–Trinajstić information content (AvgIpc) is 2.64. The lowest BCUT2D eigenvalue weighted by atomic mass is 10.0. The maximum Gasteiger partial charge on any atom is 0.259 e. The second-order valence-corrected chi connectivity index (χ2v) is 6.03. The highest BCUT2D eigenvalue weighted by Gasteiger charge is 2.21. The van der Waals surface area contributed by atoms with E-state index < -0.39 is 0 Å². The number of unbranched alkanes of at least 4 members (excludes halogenated alkanes) is 2. The van der Waals surface area contributed by atoms with Crippen molar-refractivity contribution in [3.05, 3.63) is 84.6 Å². The van der Waals surface area contributed by atoms with E-state index in [0.29, 0.717) is 0 Å². The minimum atomic E-state index is -0.0154. The van der Waals surface area contributed by atoms with Crippen LogP contribution >= 0.6 is 0 Å². The molecule has 1 atom stereocenters. The monoisotopic (exact) mass is 317 g/mol. The minimum Gasteiger partial charge on any atom is -0.305 e. The van der Waals surface area contributed by atoms with Crippen LogP contribution in [0.4, 0.5) is 0 Å². The summed E-state index contributed by atoms with van der Waals surface area (Å²) < 4.78 is 0. The molecule has 0 aromatic heterocycles. The zero-order valence-electron chi connectivity index (χ0n) is 14.1. The molecule has 0 fully saturated rings. The van der Waals surface area contributed by atoms with Gasteiger partial charge in [-0.1, -0.05) is 80.5 Å². The van der Waals surface area contributed by atoms with Crippen molar-refractivity contribution in [3.63, 3.8) is 0 Å². The molecule has 122 valence electrons. The maximum atomic E-state index is 13.1. The minimum absolute atomic E-state index is 0.0154. The number of hydrogen-bond donors (Lipinski definition) is 0. The topological polar surface area (TPSA) is 20.3 Å². The summed E-state index contributed by atoms with van der Waals surface area (Å²) in [5, 5.41) is 2.09. The molecule has 0 saturated heterocycles. The molecule has 0 aliphatic carbocycles. The number of carbonyl (C=O) groups is 1. The van der Waals surface area contributed by atoms with Gasteiger partial charge in [-0.25, -0.2) is 0 Å². The van der Waals surface area contributed by atoms with Gasteiger partial charge >= 0.3 is 0 Å².